The van der Waals surface area contributed by atoms with Gasteiger partial charge < -0.3 is 19.9 Å². The average molecular weight is 908 g/mol. The van der Waals surface area contributed by atoms with E-state index in [-0.39, 0.29) is 59.7 Å². The van der Waals surface area contributed by atoms with Crippen molar-refractivity contribution in [3.8, 4) is 0 Å². The van der Waals surface area contributed by atoms with E-state index in [4.69, 9.17) is 24.5 Å². The first-order valence-corrected chi connectivity index (χ1v) is 24.1. The van der Waals surface area contributed by atoms with E-state index in [9.17, 15) is 19.5 Å². The molecule has 0 spiro atoms. The van der Waals surface area contributed by atoms with Crippen LogP contribution in [0.2, 0.25) is 0 Å². The van der Waals surface area contributed by atoms with Crippen LogP contribution < -0.4 is 10.4 Å². The molecule has 0 aromatic rings. The van der Waals surface area contributed by atoms with Gasteiger partial charge in [0.1, 0.15) is 12.5 Å². The van der Waals surface area contributed by atoms with Crippen molar-refractivity contribution in [2.75, 3.05) is 13.7 Å². The van der Waals surface area contributed by atoms with Gasteiger partial charge >= 0.3 is 35.0 Å². The number of rotatable bonds is 20. The Kier molecular flexibility index (Phi) is 18.6. The van der Waals surface area contributed by atoms with E-state index in [2.05, 4.69) is 53.4 Å². The van der Waals surface area contributed by atoms with Gasteiger partial charge in [-0.3, -0.25) is 14.4 Å². The molecule has 5 heterocycles. The number of allylic oxidation sites excluding steroid dienone is 12. The fourth-order valence-corrected chi connectivity index (χ4v) is 10.1. The molecule has 2 fully saturated rings. The largest absolute Gasteiger partial charge is 2.00 e. The van der Waals surface area contributed by atoms with Gasteiger partial charge in [-0.15, -0.1) is 6.26 Å². The van der Waals surface area contributed by atoms with Crippen LogP contribution in [0.25, 0.3) is 0 Å². The van der Waals surface area contributed by atoms with Crippen molar-refractivity contribution in [1.29, 1.82) is 0 Å². The fraction of sp³-hybridized carbons (Fsp3) is 0.527. The normalized spacial score (nSPS) is 22.8. The second-order valence-corrected chi connectivity index (χ2v) is 19.4. The number of fused-ring (bicyclic) bond motifs is 5. The summed E-state index contributed by atoms with van der Waals surface area (Å²) in [4.78, 5) is 56.4. The predicted molar refractivity (Wildman–Crippen MR) is 265 cm³/mol. The number of Topliss-reactive ketones (excluding diaryl/α,β-unsaturated/α-hetero) is 1. The number of nitrogens with one attached hydrogen (secondary N) is 1. The molecule has 0 aromatic carbocycles. The maximum Gasteiger partial charge on any atom is 2.00 e. The van der Waals surface area contributed by atoms with Crippen LogP contribution in [0.4, 0.5) is 0 Å². The van der Waals surface area contributed by atoms with Gasteiger partial charge in [0.05, 0.1) is 41.3 Å². The van der Waals surface area contributed by atoms with Crippen molar-refractivity contribution in [2.45, 2.75) is 139 Å². The number of esters is 2. The summed E-state index contributed by atoms with van der Waals surface area (Å²) in [5.74, 6) is -0.781. The Bertz CT molecular complexity index is 2360. The zero-order valence-electron chi connectivity index (χ0n) is 41.3. The molecule has 1 saturated heterocycles. The summed E-state index contributed by atoms with van der Waals surface area (Å²) in [5.41, 5.74) is 10.4. The van der Waals surface area contributed by atoms with Crippen LogP contribution in [-0.2, 0) is 23.9 Å². The molecule has 1 aliphatic carbocycles. The summed E-state index contributed by atoms with van der Waals surface area (Å²) in [6.45, 7) is 23.6. The van der Waals surface area contributed by atoms with Gasteiger partial charge in [-0.2, -0.15) is 0 Å². The number of carbonyl (C=O) groups excluding carboxylic acids is 3. The van der Waals surface area contributed by atoms with Crippen LogP contribution in [0.1, 0.15) is 139 Å². The molecule has 0 radical (unpaired) electrons. The zero-order valence-corrected chi connectivity index (χ0v) is 42.7. The molecular formula is C55H71MgN4O6+. The number of nitrogens with zero attached hydrogens (tertiary/aromatic N) is 3. The summed E-state index contributed by atoms with van der Waals surface area (Å²) >= 11 is 0. The van der Waals surface area contributed by atoms with E-state index in [0.29, 0.717) is 81.0 Å². The van der Waals surface area contributed by atoms with E-state index in [1.165, 1.54) is 57.6 Å². The summed E-state index contributed by atoms with van der Waals surface area (Å²) in [5, 5.41) is 16.2. The smallest absolute Gasteiger partial charge is 0.877 e. The van der Waals surface area contributed by atoms with Crippen LogP contribution >= 0.6 is 0 Å². The van der Waals surface area contributed by atoms with Gasteiger partial charge in [-0.1, -0.05) is 105 Å². The molecule has 10 nitrogen and oxygen atoms in total. The van der Waals surface area contributed by atoms with E-state index >= 15 is 0 Å². The third-order valence-electron chi connectivity index (χ3n) is 14.2. The van der Waals surface area contributed by atoms with Gasteiger partial charge in [0.2, 0.25) is 0 Å². The van der Waals surface area contributed by atoms with Gasteiger partial charge in [0, 0.05) is 46.4 Å². The monoisotopic (exact) mass is 908 g/mol. The van der Waals surface area contributed by atoms with Gasteiger partial charge in [0.25, 0.3) is 0 Å². The minimum absolute atomic E-state index is 0. The number of hydrogen-bond acceptors (Lipinski definition) is 10. The summed E-state index contributed by atoms with van der Waals surface area (Å²) in [7, 11) is 1.28. The zero-order chi connectivity index (χ0) is 47.1. The SMILES string of the molecule is C=CC1=C(C)C2=NC1=CC1=NC(=C(CC)C1=C[O-])C=C1N=C3C(=C1C)C(=O)[C@H](C(=O)OC)C3=C1NC(=C2)[C@@H](C)[C@@H]1CCC(=O)OC/C=C(\C)CCC[C@H](C)CCC[C@H](C)CCCC(C)C.[Mg+2]. The molecule has 1 saturated carbocycles. The summed E-state index contributed by atoms with van der Waals surface area (Å²) < 4.78 is 11.0. The first kappa shape index (κ1) is 52.4. The van der Waals surface area contributed by atoms with E-state index in [1.807, 2.05) is 45.1 Å². The molecule has 0 amide bonds. The van der Waals surface area contributed by atoms with E-state index < -0.39 is 11.9 Å². The molecule has 66 heavy (non-hydrogen) atoms. The number of methoxy groups -OCH3 is 1. The van der Waals surface area contributed by atoms with Crippen LogP contribution in [0, 0.1) is 35.5 Å². The molecule has 348 valence electrons. The maximum absolute atomic E-state index is 14.4. The van der Waals surface area contributed by atoms with Gasteiger partial charge in [-0.05, 0) is 111 Å². The van der Waals surface area contributed by atoms with Crippen molar-refractivity contribution in [3.63, 3.8) is 0 Å². The maximum atomic E-state index is 14.4. The quantitative estimate of drug-likeness (QED) is 0.0421. The van der Waals surface area contributed by atoms with Crippen LogP contribution in [0.15, 0.2) is 131 Å². The Morgan fingerprint density at radius 3 is 2.23 bits per heavy atom. The second kappa shape index (κ2) is 23.4. The topological polar surface area (TPSA) is 142 Å². The molecule has 1 N–H and O–H groups in total. The van der Waals surface area contributed by atoms with E-state index in [0.717, 1.165) is 53.4 Å². The molecule has 6 rings (SSSR count). The number of carbonyl (C=O) groups is 3. The number of ether oxygens (including phenoxy) is 2. The van der Waals surface area contributed by atoms with Gasteiger partial charge in [-0.25, -0.2) is 15.0 Å². The summed E-state index contributed by atoms with van der Waals surface area (Å²) in [6.07, 6.45) is 22.5. The number of hydrogen-bond donors (Lipinski definition) is 1. The Balaban J connectivity index is 0.00000817. The van der Waals surface area contributed by atoms with Crippen molar-refractivity contribution in [2.24, 2.45) is 50.5 Å². The standard InChI is InChI=1S/C55H72N4O6.Mg/c1-12-38-35(8)42-27-43-36(9)40(23-24-48(61)65-26-25-34(7)22-16-21-33(6)20-15-19-32(5)18-14-17-31(3)4)52(58-43)50-51(55(63)64-11)54(62)49-37(10)44(59-53(49)50)28-46-39(13-2)41(30-60)47(57-46)29-45(38)56-42;/h12,25,27-33,36,40,51,58,60H,1,13-24,26H2,2-11H3;/q;+2/p-1/b34-25+,41-30?,43-27?,44-28?,45-29?,52-50?;/t32-,33-,36+,40+,51-;/m1./s1. The molecule has 6 aliphatic rings. The fourth-order valence-electron chi connectivity index (χ4n) is 10.1. The van der Waals surface area contributed by atoms with Crippen molar-refractivity contribution in [1.82, 2.24) is 5.32 Å². The van der Waals surface area contributed by atoms with Crippen molar-refractivity contribution >= 4 is 57.9 Å². The first-order chi connectivity index (χ1) is 31.1. The molecule has 0 aromatic heterocycles. The average Bonchev–Trinajstić information content (AvgIpc) is 4.02. The van der Waals surface area contributed by atoms with Crippen LogP contribution in [0.3, 0.4) is 0 Å². The number of ketones is 1. The Morgan fingerprint density at radius 2 is 1.59 bits per heavy atom. The Morgan fingerprint density at radius 1 is 0.909 bits per heavy atom. The molecule has 11 heteroatoms. The van der Waals surface area contributed by atoms with Crippen molar-refractivity contribution < 1.29 is 29.0 Å². The third-order valence-corrected chi connectivity index (χ3v) is 14.2. The van der Waals surface area contributed by atoms with Crippen molar-refractivity contribution in [3.05, 3.63) is 116 Å². The molecule has 8 bridgehead atoms. The molecule has 0 unspecified atom stereocenters. The van der Waals surface area contributed by atoms with Crippen LogP contribution in [-0.4, -0.2) is 71.6 Å². The minimum Gasteiger partial charge on any atom is -0.877 e. The Hall–Kier alpha value is -4.61. The Labute approximate surface area is 410 Å². The minimum atomic E-state index is -1.24. The molecular weight excluding hydrogens is 837 g/mol. The summed E-state index contributed by atoms with van der Waals surface area (Å²) in [6, 6.07) is 0. The second-order valence-electron chi connectivity index (χ2n) is 19.4. The predicted octanol–water partition coefficient (Wildman–Crippen LogP) is 10.6. The third kappa shape index (κ3) is 11.6. The van der Waals surface area contributed by atoms with Gasteiger partial charge in [0.15, 0.2) is 5.78 Å². The van der Waals surface area contributed by atoms with E-state index in [1.54, 1.807) is 6.08 Å². The first-order valence-electron chi connectivity index (χ1n) is 24.1. The number of aliphatic imine (C=N–C) groups is 3. The van der Waals surface area contributed by atoms with Crippen LogP contribution in [0.5, 0.6) is 0 Å². The molecule has 5 aliphatic heterocycles. The molecule has 5 atom stereocenters.